The van der Waals surface area contributed by atoms with Crippen molar-refractivity contribution in [2.24, 2.45) is 5.73 Å². The highest BCUT2D eigenvalue weighted by Gasteiger charge is 2.35. The standard InChI is InChI=1S/C5H9F2NO2.ClH/c1-10-4(9)5(8,2-6)3-7;/h2-3,8H2,1H3;1H. The normalized spacial score (nSPS) is 10.2. The molecule has 3 nitrogen and oxygen atoms in total. The van der Waals surface area contributed by atoms with Crippen molar-refractivity contribution in [3.8, 4) is 0 Å². The Labute approximate surface area is 69.3 Å². The Morgan fingerprint density at radius 3 is 2.00 bits per heavy atom. The predicted molar refractivity (Wildman–Crippen MR) is 38.1 cm³/mol. The molecule has 0 atom stereocenters. The lowest BCUT2D eigenvalue weighted by atomic mass is 10.1. The fourth-order valence-electron chi connectivity index (χ4n) is 0.348. The third kappa shape index (κ3) is 2.98. The Kier molecular flexibility index (Phi) is 6.31. The average molecular weight is 190 g/mol. The number of halogens is 3. The first kappa shape index (κ1) is 13.2. The molecule has 0 radical (unpaired) electrons. The maximum absolute atomic E-state index is 11.8. The summed E-state index contributed by atoms with van der Waals surface area (Å²) in [4.78, 5) is 10.5. The molecule has 0 aliphatic carbocycles. The smallest absolute Gasteiger partial charge is 0.331 e. The molecule has 0 unspecified atom stereocenters. The van der Waals surface area contributed by atoms with Crippen molar-refractivity contribution < 1.29 is 18.3 Å². The molecule has 0 aromatic rings. The van der Waals surface area contributed by atoms with E-state index in [9.17, 15) is 13.6 Å². The van der Waals surface area contributed by atoms with E-state index in [-0.39, 0.29) is 12.4 Å². The highest BCUT2D eigenvalue weighted by atomic mass is 35.5. The Hall–Kier alpha value is -0.420. The summed E-state index contributed by atoms with van der Waals surface area (Å²) < 4.78 is 27.7. The van der Waals surface area contributed by atoms with Crippen LogP contribution in [0.15, 0.2) is 0 Å². The largest absolute Gasteiger partial charge is 0.467 e. The van der Waals surface area contributed by atoms with Crippen molar-refractivity contribution in [2.75, 3.05) is 20.5 Å². The van der Waals surface area contributed by atoms with Gasteiger partial charge in [0.2, 0.25) is 0 Å². The van der Waals surface area contributed by atoms with Crippen LogP contribution in [-0.4, -0.2) is 32.0 Å². The van der Waals surface area contributed by atoms with Crippen molar-refractivity contribution in [1.29, 1.82) is 0 Å². The van der Waals surface area contributed by atoms with Gasteiger partial charge < -0.3 is 10.5 Å². The molecule has 0 heterocycles. The van der Waals surface area contributed by atoms with Gasteiger partial charge in [-0.2, -0.15) is 0 Å². The van der Waals surface area contributed by atoms with E-state index in [1.807, 2.05) is 0 Å². The number of carbonyl (C=O) groups excluding carboxylic acids is 1. The summed E-state index contributed by atoms with van der Waals surface area (Å²) >= 11 is 0. The van der Waals surface area contributed by atoms with Gasteiger partial charge in [-0.1, -0.05) is 0 Å². The van der Waals surface area contributed by atoms with Crippen LogP contribution in [0.5, 0.6) is 0 Å². The monoisotopic (exact) mass is 189 g/mol. The first-order valence-corrected chi connectivity index (χ1v) is 2.60. The summed E-state index contributed by atoms with van der Waals surface area (Å²) in [6.07, 6.45) is 0. The molecule has 0 saturated carbocycles. The van der Waals surface area contributed by atoms with Gasteiger partial charge in [-0.3, -0.25) is 0 Å². The van der Waals surface area contributed by atoms with Gasteiger partial charge in [0, 0.05) is 0 Å². The van der Waals surface area contributed by atoms with Crippen molar-refractivity contribution in [2.45, 2.75) is 5.54 Å². The van der Waals surface area contributed by atoms with Crippen molar-refractivity contribution in [3.63, 3.8) is 0 Å². The molecule has 6 heteroatoms. The van der Waals surface area contributed by atoms with E-state index in [0.717, 1.165) is 7.11 Å². The molecular weight excluding hydrogens is 180 g/mol. The van der Waals surface area contributed by atoms with Crippen LogP contribution in [0.3, 0.4) is 0 Å². The molecule has 0 aromatic carbocycles. The van der Waals surface area contributed by atoms with Crippen LogP contribution in [0.25, 0.3) is 0 Å². The number of methoxy groups -OCH3 is 1. The maximum Gasteiger partial charge on any atom is 0.331 e. The van der Waals surface area contributed by atoms with Crippen LogP contribution < -0.4 is 5.73 Å². The highest BCUT2D eigenvalue weighted by Crippen LogP contribution is 2.04. The zero-order valence-electron chi connectivity index (χ0n) is 5.97. The quantitative estimate of drug-likeness (QED) is 0.647. The summed E-state index contributed by atoms with van der Waals surface area (Å²) in [5, 5.41) is 0. The topological polar surface area (TPSA) is 52.3 Å². The van der Waals surface area contributed by atoms with Gasteiger partial charge >= 0.3 is 5.97 Å². The molecule has 0 aliphatic heterocycles. The summed E-state index contributed by atoms with van der Waals surface area (Å²) in [6, 6.07) is 0. The maximum atomic E-state index is 11.8. The first-order valence-electron chi connectivity index (χ1n) is 2.60. The molecule has 0 saturated heterocycles. The van der Waals surface area contributed by atoms with Gasteiger partial charge in [0.05, 0.1) is 7.11 Å². The lowest BCUT2D eigenvalue weighted by molar-refractivity contribution is -0.148. The summed E-state index contributed by atoms with van der Waals surface area (Å²) in [7, 11) is 1.02. The molecular formula is C5H10ClF2NO2. The fraction of sp³-hybridized carbons (Fsp3) is 0.800. The van der Waals surface area contributed by atoms with Crippen molar-refractivity contribution in [1.82, 2.24) is 0 Å². The third-order valence-corrected chi connectivity index (χ3v) is 1.07. The Morgan fingerprint density at radius 2 is 1.91 bits per heavy atom. The molecule has 0 spiro atoms. The number of alkyl halides is 2. The fourth-order valence-corrected chi connectivity index (χ4v) is 0.348. The highest BCUT2D eigenvalue weighted by molar-refractivity contribution is 5.85. The van der Waals surface area contributed by atoms with Gasteiger partial charge in [0.15, 0.2) is 5.54 Å². The number of ether oxygens (including phenoxy) is 1. The number of carbonyl (C=O) groups is 1. The SMILES string of the molecule is COC(=O)C(N)(CF)CF.Cl. The molecule has 11 heavy (non-hydrogen) atoms. The van der Waals surface area contributed by atoms with E-state index in [0.29, 0.717) is 0 Å². The minimum atomic E-state index is -2.10. The zero-order valence-corrected chi connectivity index (χ0v) is 6.79. The molecule has 0 amide bonds. The molecule has 0 rings (SSSR count). The van der Waals surface area contributed by atoms with Crippen LogP contribution in [-0.2, 0) is 9.53 Å². The lowest BCUT2D eigenvalue weighted by Crippen LogP contribution is -2.52. The van der Waals surface area contributed by atoms with Gasteiger partial charge in [-0.25, -0.2) is 13.6 Å². The van der Waals surface area contributed by atoms with Crippen LogP contribution in [0, 0.1) is 0 Å². The van der Waals surface area contributed by atoms with E-state index >= 15 is 0 Å². The molecule has 2 N–H and O–H groups in total. The second-order valence-electron chi connectivity index (χ2n) is 1.91. The van der Waals surface area contributed by atoms with Gasteiger partial charge in [-0.15, -0.1) is 12.4 Å². The lowest BCUT2D eigenvalue weighted by Gasteiger charge is -2.17. The average Bonchev–Trinajstić information content (AvgIpc) is 2.01. The van der Waals surface area contributed by atoms with E-state index in [1.54, 1.807) is 0 Å². The van der Waals surface area contributed by atoms with Crippen LogP contribution in [0.4, 0.5) is 8.78 Å². The number of esters is 1. The first-order chi connectivity index (χ1) is 4.60. The third-order valence-electron chi connectivity index (χ3n) is 1.07. The summed E-state index contributed by atoms with van der Waals surface area (Å²) in [5.74, 6) is -1.07. The van der Waals surface area contributed by atoms with Crippen LogP contribution in [0.1, 0.15) is 0 Å². The zero-order chi connectivity index (χ0) is 8.20. The van der Waals surface area contributed by atoms with Crippen molar-refractivity contribution >= 4 is 18.4 Å². The number of rotatable bonds is 3. The molecule has 0 bridgehead atoms. The molecule has 0 fully saturated rings. The van der Waals surface area contributed by atoms with E-state index in [1.165, 1.54) is 0 Å². The second-order valence-corrected chi connectivity index (χ2v) is 1.91. The Bertz CT molecular complexity index is 130. The number of nitrogens with two attached hydrogens (primary N) is 1. The van der Waals surface area contributed by atoms with Gasteiger partial charge in [0.25, 0.3) is 0 Å². The molecule has 0 aliphatic rings. The predicted octanol–water partition coefficient (Wildman–Crippen LogP) is 0.218. The van der Waals surface area contributed by atoms with E-state index in [4.69, 9.17) is 5.73 Å². The number of hydrogen-bond acceptors (Lipinski definition) is 3. The van der Waals surface area contributed by atoms with Crippen molar-refractivity contribution in [3.05, 3.63) is 0 Å². The minimum Gasteiger partial charge on any atom is -0.467 e. The van der Waals surface area contributed by atoms with Crippen LogP contribution >= 0.6 is 12.4 Å². The van der Waals surface area contributed by atoms with E-state index < -0.39 is 24.9 Å². The molecule has 68 valence electrons. The Morgan fingerprint density at radius 1 is 1.55 bits per heavy atom. The van der Waals surface area contributed by atoms with Crippen LogP contribution in [0.2, 0.25) is 0 Å². The molecule has 0 aromatic heterocycles. The van der Waals surface area contributed by atoms with Gasteiger partial charge in [0.1, 0.15) is 13.3 Å². The van der Waals surface area contributed by atoms with E-state index in [2.05, 4.69) is 4.74 Å². The summed E-state index contributed by atoms with van der Waals surface area (Å²) in [6.45, 7) is -2.51. The second kappa shape index (κ2) is 5.26. The summed E-state index contributed by atoms with van der Waals surface area (Å²) in [5.41, 5.74) is 2.82. The van der Waals surface area contributed by atoms with Gasteiger partial charge in [-0.05, 0) is 0 Å². The number of hydrogen-bond donors (Lipinski definition) is 1. The minimum absolute atomic E-state index is 0. The Balaban J connectivity index is 0.